The first-order chi connectivity index (χ1) is 16.2. The van der Waals surface area contributed by atoms with Crippen LogP contribution in [0.1, 0.15) is 49.8 Å². The summed E-state index contributed by atoms with van der Waals surface area (Å²) < 4.78 is 32.3. The molecule has 35 heavy (non-hydrogen) atoms. The Morgan fingerprint density at radius 1 is 1.14 bits per heavy atom. The van der Waals surface area contributed by atoms with Gasteiger partial charge in [-0.05, 0) is 51.5 Å². The van der Waals surface area contributed by atoms with Gasteiger partial charge in [0, 0.05) is 20.1 Å². The number of nitrogens with zero attached hydrogens (tertiary/aromatic N) is 5. The molecule has 3 heterocycles. The second-order valence-corrected chi connectivity index (χ2v) is 11.5. The van der Waals surface area contributed by atoms with Crippen LogP contribution < -0.4 is 5.32 Å². The zero-order valence-electron chi connectivity index (χ0n) is 20.4. The molecule has 11 nitrogen and oxygen atoms in total. The Kier molecular flexibility index (Phi) is 7.68. The van der Waals surface area contributed by atoms with Gasteiger partial charge in [-0.25, -0.2) is 28.2 Å². The van der Waals surface area contributed by atoms with Crippen LogP contribution in [0.15, 0.2) is 24.5 Å². The summed E-state index contributed by atoms with van der Waals surface area (Å²) >= 11 is 6.34. The van der Waals surface area contributed by atoms with Crippen LogP contribution in [-0.4, -0.2) is 82.6 Å². The number of piperazine rings is 1. The zero-order valence-corrected chi connectivity index (χ0v) is 22.0. The van der Waals surface area contributed by atoms with Crippen molar-refractivity contribution in [1.82, 2.24) is 29.5 Å². The van der Waals surface area contributed by atoms with Gasteiger partial charge in [-0.1, -0.05) is 11.6 Å². The highest BCUT2D eigenvalue weighted by atomic mass is 35.5. The van der Waals surface area contributed by atoms with E-state index >= 15 is 0 Å². The standard InChI is InChI=1S/C22H29ClN6O5S/c1-13-19(29(35(6,32)33)8-7-28(13)21(31)34-22(2,3)4)14-9-16(27-18(23)10-14)15-11-17(20(30)24-5)26-12-25-15/h9-13,19H,7-8H2,1-6H3,(H,24,30)/t13-,19+/m1/s1. The van der Waals surface area contributed by atoms with E-state index in [1.54, 1.807) is 39.8 Å². The maximum absolute atomic E-state index is 12.9. The monoisotopic (exact) mass is 524 g/mol. The molecule has 13 heteroatoms. The molecule has 2 aromatic rings. The van der Waals surface area contributed by atoms with Crippen molar-refractivity contribution in [1.29, 1.82) is 0 Å². The van der Waals surface area contributed by atoms with Crippen molar-refractivity contribution < 1.29 is 22.7 Å². The minimum Gasteiger partial charge on any atom is -0.444 e. The van der Waals surface area contributed by atoms with Crippen molar-refractivity contribution >= 4 is 33.6 Å². The van der Waals surface area contributed by atoms with E-state index in [9.17, 15) is 18.0 Å². The van der Waals surface area contributed by atoms with Crippen LogP contribution in [0.25, 0.3) is 11.4 Å². The average molecular weight is 525 g/mol. The molecular formula is C22H29ClN6O5S. The molecule has 0 radical (unpaired) electrons. The highest BCUT2D eigenvalue weighted by molar-refractivity contribution is 7.88. The van der Waals surface area contributed by atoms with Gasteiger partial charge in [0.25, 0.3) is 5.91 Å². The van der Waals surface area contributed by atoms with Gasteiger partial charge in [-0.3, -0.25) is 4.79 Å². The van der Waals surface area contributed by atoms with Gasteiger partial charge in [0.1, 0.15) is 22.8 Å². The van der Waals surface area contributed by atoms with Crippen LogP contribution in [0.5, 0.6) is 0 Å². The van der Waals surface area contributed by atoms with Crippen molar-refractivity contribution in [2.45, 2.75) is 45.4 Å². The van der Waals surface area contributed by atoms with Gasteiger partial charge in [0.15, 0.2) is 0 Å². The number of halogens is 1. The van der Waals surface area contributed by atoms with Crippen molar-refractivity contribution in [3.05, 3.63) is 40.9 Å². The van der Waals surface area contributed by atoms with Crippen molar-refractivity contribution in [2.24, 2.45) is 0 Å². The molecule has 0 aromatic carbocycles. The molecule has 1 fully saturated rings. The molecule has 1 aliphatic heterocycles. The Morgan fingerprint density at radius 3 is 2.43 bits per heavy atom. The topological polar surface area (TPSA) is 135 Å². The van der Waals surface area contributed by atoms with E-state index in [-0.39, 0.29) is 23.9 Å². The molecular weight excluding hydrogens is 496 g/mol. The van der Waals surface area contributed by atoms with E-state index in [0.29, 0.717) is 17.0 Å². The maximum atomic E-state index is 12.9. The summed E-state index contributed by atoms with van der Waals surface area (Å²) in [6.07, 6.45) is 1.83. The minimum absolute atomic E-state index is 0.0800. The lowest BCUT2D eigenvalue weighted by Crippen LogP contribution is -2.57. The largest absolute Gasteiger partial charge is 0.444 e. The summed E-state index contributed by atoms with van der Waals surface area (Å²) in [5, 5.41) is 2.60. The van der Waals surface area contributed by atoms with E-state index in [0.717, 1.165) is 6.26 Å². The third-order valence-corrected chi connectivity index (χ3v) is 6.88. The first-order valence-electron chi connectivity index (χ1n) is 10.9. The predicted octanol–water partition coefficient (Wildman–Crippen LogP) is 2.49. The van der Waals surface area contributed by atoms with Crippen LogP contribution in [0.2, 0.25) is 5.15 Å². The summed E-state index contributed by atoms with van der Waals surface area (Å²) in [5.74, 6) is -0.395. The third kappa shape index (κ3) is 6.24. The number of hydrogen-bond acceptors (Lipinski definition) is 8. The van der Waals surface area contributed by atoms with Crippen LogP contribution in [0, 0.1) is 0 Å². The number of aromatic nitrogens is 3. The lowest BCUT2D eigenvalue weighted by molar-refractivity contribution is -0.00204. The molecule has 2 atom stereocenters. The fraction of sp³-hybridized carbons (Fsp3) is 0.500. The van der Waals surface area contributed by atoms with Gasteiger partial charge in [-0.2, -0.15) is 4.31 Å². The molecule has 1 saturated heterocycles. The molecule has 2 amide bonds. The normalized spacial score (nSPS) is 19.3. The molecule has 0 bridgehead atoms. The fourth-order valence-corrected chi connectivity index (χ4v) is 5.26. The number of pyridine rings is 1. The summed E-state index contributed by atoms with van der Waals surface area (Å²) in [6, 6.07) is 3.34. The van der Waals surface area contributed by atoms with E-state index in [2.05, 4.69) is 20.3 Å². The second-order valence-electron chi connectivity index (χ2n) is 9.21. The smallest absolute Gasteiger partial charge is 0.410 e. The minimum atomic E-state index is -3.64. The maximum Gasteiger partial charge on any atom is 0.410 e. The molecule has 2 aromatic heterocycles. The summed E-state index contributed by atoms with van der Waals surface area (Å²) in [6.45, 7) is 7.31. The van der Waals surface area contributed by atoms with Crippen molar-refractivity contribution in [2.75, 3.05) is 26.4 Å². The third-order valence-electron chi connectivity index (χ3n) is 5.42. The van der Waals surface area contributed by atoms with E-state index in [1.807, 2.05) is 0 Å². The highest BCUT2D eigenvalue weighted by Crippen LogP contribution is 2.36. The van der Waals surface area contributed by atoms with Crippen LogP contribution in [-0.2, 0) is 14.8 Å². The number of rotatable bonds is 4. The van der Waals surface area contributed by atoms with Gasteiger partial charge in [0.2, 0.25) is 10.0 Å². The van der Waals surface area contributed by atoms with Gasteiger partial charge in [0.05, 0.1) is 29.7 Å². The number of carbonyl (C=O) groups excluding carboxylic acids is 2. The van der Waals surface area contributed by atoms with Gasteiger partial charge >= 0.3 is 6.09 Å². The van der Waals surface area contributed by atoms with E-state index < -0.39 is 39.7 Å². The lowest BCUT2D eigenvalue weighted by atomic mass is 9.97. The Hall–Kier alpha value is -2.83. The summed E-state index contributed by atoms with van der Waals surface area (Å²) in [5.41, 5.74) is 0.617. The van der Waals surface area contributed by atoms with Gasteiger partial charge in [-0.15, -0.1) is 0 Å². The highest BCUT2D eigenvalue weighted by Gasteiger charge is 2.42. The van der Waals surface area contributed by atoms with E-state index in [1.165, 1.54) is 28.6 Å². The molecule has 0 saturated carbocycles. The Morgan fingerprint density at radius 2 is 1.83 bits per heavy atom. The van der Waals surface area contributed by atoms with Crippen LogP contribution >= 0.6 is 11.6 Å². The molecule has 0 aliphatic carbocycles. The number of ether oxygens (including phenoxy) is 1. The SMILES string of the molecule is CNC(=O)c1cc(-c2cc([C@@H]3[C@@H](C)N(C(=O)OC(C)(C)C)CCN3S(C)(=O)=O)cc(Cl)n2)ncn1. The molecule has 190 valence electrons. The first kappa shape index (κ1) is 26.8. The number of nitrogens with one attached hydrogen (secondary N) is 1. The van der Waals surface area contributed by atoms with Crippen LogP contribution in [0.3, 0.4) is 0 Å². The number of sulfonamides is 1. The Labute approximate surface area is 209 Å². The Balaban J connectivity index is 2.08. The zero-order chi connectivity index (χ0) is 26.1. The number of hydrogen-bond donors (Lipinski definition) is 1. The molecule has 0 spiro atoms. The first-order valence-corrected chi connectivity index (χ1v) is 13.1. The molecule has 1 aliphatic rings. The second kappa shape index (κ2) is 10.0. The number of carbonyl (C=O) groups is 2. The molecule has 0 unspecified atom stereocenters. The fourth-order valence-electron chi connectivity index (χ4n) is 3.92. The number of amides is 2. The Bertz CT molecular complexity index is 1230. The van der Waals surface area contributed by atoms with Crippen molar-refractivity contribution in [3.63, 3.8) is 0 Å². The van der Waals surface area contributed by atoms with Crippen LogP contribution in [0.4, 0.5) is 4.79 Å². The molecule has 3 rings (SSSR count). The van der Waals surface area contributed by atoms with Gasteiger partial charge < -0.3 is 15.0 Å². The average Bonchev–Trinajstić information content (AvgIpc) is 2.76. The quantitative estimate of drug-likeness (QED) is 0.603. The summed E-state index contributed by atoms with van der Waals surface area (Å²) in [7, 11) is -2.15. The summed E-state index contributed by atoms with van der Waals surface area (Å²) in [4.78, 5) is 38.9. The van der Waals surface area contributed by atoms with E-state index in [4.69, 9.17) is 16.3 Å². The lowest BCUT2D eigenvalue weighted by Gasteiger charge is -2.45. The van der Waals surface area contributed by atoms with Crippen molar-refractivity contribution in [3.8, 4) is 11.4 Å². The predicted molar refractivity (Wildman–Crippen MR) is 130 cm³/mol. The molecule has 1 N–H and O–H groups in total.